The molecular formula is C12H13BrClN3O3S. The molecule has 1 N–H and O–H groups in total. The molecule has 114 valence electrons. The van der Waals surface area contributed by atoms with E-state index < -0.39 is 10.0 Å². The van der Waals surface area contributed by atoms with E-state index in [2.05, 4.69) is 26.1 Å². The normalized spacial score (nSPS) is 11.9. The van der Waals surface area contributed by atoms with Gasteiger partial charge < -0.3 is 4.74 Å². The second-order valence-corrected chi connectivity index (χ2v) is 7.59. The number of hydrogen-bond donors (Lipinski definition) is 1. The van der Waals surface area contributed by atoms with Gasteiger partial charge in [-0.05, 0) is 28.1 Å². The van der Waals surface area contributed by atoms with E-state index in [4.69, 9.17) is 16.3 Å². The first-order valence-corrected chi connectivity index (χ1v) is 8.44. The Hall–Kier alpha value is -1.09. The molecule has 0 amide bonds. The highest BCUT2D eigenvalue weighted by Crippen LogP contribution is 2.36. The van der Waals surface area contributed by atoms with Crippen LogP contribution in [0.5, 0.6) is 5.75 Å². The van der Waals surface area contributed by atoms with E-state index in [1.807, 2.05) is 0 Å². The molecule has 0 unspecified atom stereocenters. The third-order valence-electron chi connectivity index (χ3n) is 2.83. The van der Waals surface area contributed by atoms with Gasteiger partial charge in [0.2, 0.25) is 10.0 Å². The second kappa shape index (κ2) is 6.35. The second-order valence-electron chi connectivity index (χ2n) is 4.29. The molecule has 2 rings (SSSR count). The fourth-order valence-corrected chi connectivity index (χ4v) is 4.33. The van der Waals surface area contributed by atoms with Gasteiger partial charge in [0, 0.05) is 30.4 Å². The predicted molar refractivity (Wildman–Crippen MR) is 82.9 cm³/mol. The summed E-state index contributed by atoms with van der Waals surface area (Å²) in [4.78, 5) is 0.00960. The maximum absolute atomic E-state index is 12.7. The first kappa shape index (κ1) is 16.3. The van der Waals surface area contributed by atoms with Crippen LogP contribution in [-0.4, -0.2) is 37.1 Å². The molecule has 1 heterocycles. The zero-order chi connectivity index (χ0) is 15.6. The first-order chi connectivity index (χ1) is 9.86. The number of aromatic amines is 1. The maximum Gasteiger partial charge on any atom is 0.246 e. The quantitative estimate of drug-likeness (QED) is 0.846. The Kier molecular flexibility index (Phi) is 4.92. The van der Waals surface area contributed by atoms with Gasteiger partial charge in [0.15, 0.2) is 5.75 Å². The fraction of sp³-hybridized carbons (Fsp3) is 0.250. The van der Waals surface area contributed by atoms with Crippen LogP contribution in [0.2, 0.25) is 5.02 Å². The van der Waals surface area contributed by atoms with Crippen LogP contribution in [-0.2, 0) is 16.6 Å². The summed E-state index contributed by atoms with van der Waals surface area (Å²) >= 11 is 9.20. The Bertz CT molecular complexity index is 734. The number of ether oxygens (including phenoxy) is 1. The molecule has 0 radical (unpaired) electrons. The maximum atomic E-state index is 12.7. The van der Waals surface area contributed by atoms with E-state index in [1.165, 1.54) is 24.5 Å². The number of halogens is 2. The molecule has 0 fully saturated rings. The molecule has 0 saturated carbocycles. The van der Waals surface area contributed by atoms with Crippen LogP contribution in [0.15, 0.2) is 33.9 Å². The van der Waals surface area contributed by atoms with Gasteiger partial charge in [0.1, 0.15) is 4.90 Å². The molecule has 0 aliphatic carbocycles. The van der Waals surface area contributed by atoms with Crippen molar-refractivity contribution in [3.05, 3.63) is 39.6 Å². The van der Waals surface area contributed by atoms with Gasteiger partial charge in [-0.3, -0.25) is 5.10 Å². The van der Waals surface area contributed by atoms with Crippen LogP contribution in [0, 0.1) is 0 Å². The molecule has 0 saturated heterocycles. The summed E-state index contributed by atoms with van der Waals surface area (Å²) in [5.41, 5.74) is 0.751. The number of nitrogens with one attached hydrogen (secondary N) is 1. The van der Waals surface area contributed by atoms with Crippen molar-refractivity contribution in [3.8, 4) is 5.75 Å². The van der Waals surface area contributed by atoms with Crippen molar-refractivity contribution in [1.82, 2.24) is 14.5 Å². The Labute approximate surface area is 136 Å². The number of methoxy groups -OCH3 is 1. The molecule has 0 aliphatic heterocycles. The Morgan fingerprint density at radius 1 is 1.48 bits per heavy atom. The molecule has 1 aromatic heterocycles. The van der Waals surface area contributed by atoms with E-state index in [-0.39, 0.29) is 17.2 Å². The van der Waals surface area contributed by atoms with E-state index in [1.54, 1.807) is 18.5 Å². The number of nitrogens with zero attached hydrogens (tertiary/aromatic N) is 2. The summed E-state index contributed by atoms with van der Waals surface area (Å²) in [5, 5.41) is 6.74. The lowest BCUT2D eigenvalue weighted by atomic mass is 10.3. The van der Waals surface area contributed by atoms with Crippen LogP contribution >= 0.6 is 27.5 Å². The van der Waals surface area contributed by atoms with Gasteiger partial charge in [-0.25, -0.2) is 8.42 Å². The molecule has 0 atom stereocenters. The highest BCUT2D eigenvalue weighted by atomic mass is 79.9. The fourth-order valence-electron chi connectivity index (χ4n) is 1.80. The van der Waals surface area contributed by atoms with Gasteiger partial charge in [-0.2, -0.15) is 9.40 Å². The molecule has 0 aliphatic rings. The Morgan fingerprint density at radius 2 is 2.19 bits per heavy atom. The number of rotatable bonds is 5. The van der Waals surface area contributed by atoms with Crippen LogP contribution in [0.4, 0.5) is 0 Å². The van der Waals surface area contributed by atoms with Crippen molar-refractivity contribution in [2.75, 3.05) is 14.2 Å². The molecule has 1 aromatic carbocycles. The minimum absolute atomic E-state index is 0.00960. The van der Waals surface area contributed by atoms with Crippen molar-refractivity contribution in [3.63, 3.8) is 0 Å². The van der Waals surface area contributed by atoms with E-state index >= 15 is 0 Å². The Balaban J connectivity index is 2.43. The summed E-state index contributed by atoms with van der Waals surface area (Å²) in [5.74, 6) is 0.221. The third kappa shape index (κ3) is 3.39. The van der Waals surface area contributed by atoms with Crippen LogP contribution in [0.25, 0.3) is 0 Å². The van der Waals surface area contributed by atoms with E-state index in [0.29, 0.717) is 9.50 Å². The summed E-state index contributed by atoms with van der Waals surface area (Å²) in [6.07, 6.45) is 3.20. The highest BCUT2D eigenvalue weighted by molar-refractivity contribution is 9.10. The predicted octanol–water partition coefficient (Wildman–Crippen LogP) is 2.65. The van der Waals surface area contributed by atoms with Gasteiger partial charge >= 0.3 is 0 Å². The largest absolute Gasteiger partial charge is 0.494 e. The zero-order valence-electron chi connectivity index (χ0n) is 11.3. The standard InChI is InChI=1S/C12H13BrClN3O3S/c1-17(7-8-5-15-16-6-8)21(18,19)11-4-9(14)3-10(13)12(11)20-2/h3-6H,7H2,1-2H3,(H,15,16). The van der Waals surface area contributed by atoms with Gasteiger partial charge in [0.05, 0.1) is 17.8 Å². The lowest BCUT2D eigenvalue weighted by Crippen LogP contribution is -2.26. The summed E-state index contributed by atoms with van der Waals surface area (Å²) < 4.78 is 32.2. The van der Waals surface area contributed by atoms with Gasteiger partial charge in [-0.1, -0.05) is 11.6 Å². The van der Waals surface area contributed by atoms with Crippen LogP contribution in [0.3, 0.4) is 0 Å². The summed E-state index contributed by atoms with van der Waals surface area (Å²) in [6.45, 7) is 0.187. The van der Waals surface area contributed by atoms with Crippen LogP contribution < -0.4 is 4.74 Å². The van der Waals surface area contributed by atoms with E-state index in [0.717, 1.165) is 5.56 Å². The molecule has 6 nitrogen and oxygen atoms in total. The number of hydrogen-bond acceptors (Lipinski definition) is 4. The number of H-pyrrole nitrogens is 1. The van der Waals surface area contributed by atoms with Crippen molar-refractivity contribution in [1.29, 1.82) is 0 Å². The summed E-state index contributed by atoms with van der Waals surface area (Å²) in [7, 11) is -0.862. The lowest BCUT2D eigenvalue weighted by Gasteiger charge is -2.19. The number of sulfonamides is 1. The monoisotopic (exact) mass is 393 g/mol. The first-order valence-electron chi connectivity index (χ1n) is 5.83. The highest BCUT2D eigenvalue weighted by Gasteiger charge is 2.27. The average molecular weight is 395 g/mol. The minimum Gasteiger partial charge on any atom is -0.494 e. The van der Waals surface area contributed by atoms with Gasteiger partial charge in [0.25, 0.3) is 0 Å². The van der Waals surface area contributed by atoms with Crippen molar-refractivity contribution >= 4 is 37.6 Å². The van der Waals surface area contributed by atoms with Crippen LogP contribution in [0.1, 0.15) is 5.56 Å². The van der Waals surface area contributed by atoms with Crippen molar-refractivity contribution in [2.24, 2.45) is 0 Å². The lowest BCUT2D eigenvalue weighted by molar-refractivity contribution is 0.395. The SMILES string of the molecule is COc1c(Br)cc(Cl)cc1S(=O)(=O)N(C)Cc1cn[nH]c1. The molecule has 2 aromatic rings. The molecule has 9 heteroatoms. The molecular weight excluding hydrogens is 382 g/mol. The third-order valence-corrected chi connectivity index (χ3v) is 5.44. The smallest absolute Gasteiger partial charge is 0.246 e. The van der Waals surface area contributed by atoms with Crippen molar-refractivity contribution in [2.45, 2.75) is 11.4 Å². The number of aromatic nitrogens is 2. The topological polar surface area (TPSA) is 75.3 Å². The molecule has 0 bridgehead atoms. The number of benzene rings is 1. The summed E-state index contributed by atoms with van der Waals surface area (Å²) in [6, 6.07) is 2.95. The molecule has 0 spiro atoms. The molecule has 21 heavy (non-hydrogen) atoms. The van der Waals surface area contributed by atoms with Gasteiger partial charge in [-0.15, -0.1) is 0 Å². The Morgan fingerprint density at radius 3 is 2.76 bits per heavy atom. The minimum atomic E-state index is -3.75. The van der Waals surface area contributed by atoms with Crippen molar-refractivity contribution < 1.29 is 13.2 Å². The van der Waals surface area contributed by atoms with E-state index in [9.17, 15) is 8.42 Å². The average Bonchev–Trinajstić information content (AvgIpc) is 2.90. The zero-order valence-corrected chi connectivity index (χ0v) is 14.5.